The van der Waals surface area contributed by atoms with Crippen LogP contribution in [0.3, 0.4) is 0 Å². The number of hydrogen-bond donors (Lipinski definition) is 4. The zero-order chi connectivity index (χ0) is 20.1. The highest BCUT2D eigenvalue weighted by Gasteiger charge is 2.44. The number of esters is 2. The van der Waals surface area contributed by atoms with E-state index in [9.17, 15) is 30.0 Å². The number of methoxy groups -OCH3 is 1. The minimum absolute atomic E-state index is 0.000731. The molecule has 10 heteroatoms. The highest BCUT2D eigenvalue weighted by Crippen LogP contribution is 2.31. The van der Waals surface area contributed by atoms with E-state index >= 15 is 0 Å². The Labute approximate surface area is 155 Å². The minimum atomic E-state index is -1.63. The molecule has 0 amide bonds. The van der Waals surface area contributed by atoms with Gasteiger partial charge in [-0.25, -0.2) is 4.79 Å². The number of carbonyl (C=O) groups excluding carboxylic acids is 2. The molecule has 4 N–H and O–H groups in total. The highest BCUT2D eigenvalue weighted by atomic mass is 16.7. The van der Waals surface area contributed by atoms with Crippen LogP contribution in [-0.4, -0.2) is 83.4 Å². The zero-order valence-corrected chi connectivity index (χ0v) is 15.0. The van der Waals surface area contributed by atoms with Gasteiger partial charge in [0.2, 0.25) is 6.29 Å². The number of cyclic esters (lactones) is 1. The summed E-state index contributed by atoms with van der Waals surface area (Å²) >= 11 is 0. The first-order valence-electron chi connectivity index (χ1n) is 8.39. The van der Waals surface area contributed by atoms with Crippen LogP contribution in [0.5, 0.6) is 0 Å². The first-order valence-corrected chi connectivity index (χ1v) is 8.39. The van der Waals surface area contributed by atoms with Crippen molar-refractivity contribution >= 4 is 11.9 Å². The fourth-order valence-electron chi connectivity index (χ4n) is 2.93. The number of carbonyl (C=O) groups is 2. The summed E-state index contributed by atoms with van der Waals surface area (Å²) in [7, 11) is 1.17. The standard InChI is InChI=1S/C17H24O10/c1-3-8-6-25-12(19)4-9(8)10(16(23)24-2)7-26-17-15(22)14(21)13(20)11(5-18)27-17/h3,7,9,11,13-15,17-18,20-22H,4-6H2,1-2H3/b8-3+,10-7+/t9-,11+,13-,14-,15-,17-/m1/s1. The molecule has 0 radical (unpaired) electrons. The number of hydrogen-bond acceptors (Lipinski definition) is 10. The molecule has 2 rings (SSSR count). The van der Waals surface area contributed by atoms with Crippen LogP contribution in [0, 0.1) is 5.92 Å². The topological polar surface area (TPSA) is 152 Å². The second-order valence-corrected chi connectivity index (χ2v) is 6.18. The molecule has 0 spiro atoms. The van der Waals surface area contributed by atoms with E-state index in [1.165, 1.54) is 7.11 Å². The van der Waals surface area contributed by atoms with Crippen LogP contribution in [0.1, 0.15) is 13.3 Å². The second-order valence-electron chi connectivity index (χ2n) is 6.18. The molecule has 0 aliphatic carbocycles. The molecule has 2 aliphatic heterocycles. The van der Waals surface area contributed by atoms with Gasteiger partial charge in [0, 0.05) is 5.92 Å². The average molecular weight is 388 g/mol. The van der Waals surface area contributed by atoms with Gasteiger partial charge in [-0.1, -0.05) is 6.08 Å². The Morgan fingerprint density at radius 2 is 1.96 bits per heavy atom. The lowest BCUT2D eigenvalue weighted by Gasteiger charge is -2.39. The highest BCUT2D eigenvalue weighted by molar-refractivity contribution is 5.90. The maximum absolute atomic E-state index is 12.2. The average Bonchev–Trinajstić information content (AvgIpc) is 2.67. The molecule has 2 fully saturated rings. The van der Waals surface area contributed by atoms with Crippen molar-refractivity contribution in [3.63, 3.8) is 0 Å². The first kappa shape index (κ1) is 21.3. The summed E-state index contributed by atoms with van der Waals surface area (Å²) in [6, 6.07) is 0. The van der Waals surface area contributed by atoms with E-state index in [0.29, 0.717) is 5.57 Å². The minimum Gasteiger partial charge on any atom is -0.469 e. The Morgan fingerprint density at radius 3 is 2.56 bits per heavy atom. The number of aliphatic hydroxyl groups excluding tert-OH is 4. The molecule has 0 unspecified atom stereocenters. The molecule has 0 aromatic rings. The summed E-state index contributed by atoms with van der Waals surface area (Å²) in [5.41, 5.74) is 0.669. The van der Waals surface area contributed by atoms with Crippen LogP contribution in [0.25, 0.3) is 0 Å². The molecule has 152 valence electrons. The monoisotopic (exact) mass is 388 g/mol. The molecule has 0 saturated carbocycles. The van der Waals surface area contributed by atoms with E-state index < -0.39 is 55.2 Å². The van der Waals surface area contributed by atoms with Crippen molar-refractivity contribution < 1.29 is 49.0 Å². The number of rotatable bonds is 5. The summed E-state index contributed by atoms with van der Waals surface area (Å²) in [5.74, 6) is -1.89. The van der Waals surface area contributed by atoms with E-state index in [2.05, 4.69) is 0 Å². The summed E-state index contributed by atoms with van der Waals surface area (Å²) in [6.07, 6.45) is -4.78. The number of allylic oxidation sites excluding steroid dienone is 1. The van der Waals surface area contributed by atoms with Crippen molar-refractivity contribution in [2.45, 2.75) is 44.1 Å². The summed E-state index contributed by atoms with van der Waals surface area (Å²) in [6.45, 7) is 1.14. The van der Waals surface area contributed by atoms with Crippen molar-refractivity contribution in [2.24, 2.45) is 5.92 Å². The number of ether oxygens (including phenoxy) is 4. The SMILES string of the molecule is C/C=C1\COC(=O)C[C@H]1/C(=C\O[C@@H]1O[C@@H](CO)[C@@H](O)[C@@H](O)[C@H]1O)C(=O)OC. The molecule has 10 nitrogen and oxygen atoms in total. The Balaban J connectivity index is 2.25. The van der Waals surface area contributed by atoms with Gasteiger partial charge in [-0.05, 0) is 12.5 Å². The third-order valence-corrected chi connectivity index (χ3v) is 4.56. The summed E-state index contributed by atoms with van der Waals surface area (Å²) in [4.78, 5) is 23.8. The Hall–Kier alpha value is -1.98. The van der Waals surface area contributed by atoms with Crippen molar-refractivity contribution in [3.05, 3.63) is 23.5 Å². The van der Waals surface area contributed by atoms with Gasteiger partial charge >= 0.3 is 11.9 Å². The first-order chi connectivity index (χ1) is 12.8. The predicted molar refractivity (Wildman–Crippen MR) is 87.8 cm³/mol. The van der Waals surface area contributed by atoms with Gasteiger partial charge in [-0.2, -0.15) is 0 Å². The fraction of sp³-hybridized carbons (Fsp3) is 0.647. The van der Waals surface area contributed by atoms with Crippen molar-refractivity contribution in [2.75, 3.05) is 20.3 Å². The molecule has 0 bridgehead atoms. The van der Waals surface area contributed by atoms with Gasteiger partial charge in [0.25, 0.3) is 0 Å². The van der Waals surface area contributed by atoms with E-state index in [0.717, 1.165) is 6.26 Å². The molecule has 2 saturated heterocycles. The normalized spacial score (nSPS) is 36.3. The van der Waals surface area contributed by atoms with Crippen LogP contribution in [0.15, 0.2) is 23.5 Å². The maximum Gasteiger partial charge on any atom is 0.337 e. The van der Waals surface area contributed by atoms with Crippen molar-refractivity contribution in [3.8, 4) is 0 Å². The quantitative estimate of drug-likeness (QED) is 0.187. The van der Waals surface area contributed by atoms with Gasteiger partial charge in [0.1, 0.15) is 31.0 Å². The molecule has 0 aromatic heterocycles. The zero-order valence-electron chi connectivity index (χ0n) is 15.0. The number of aliphatic hydroxyl groups is 4. The van der Waals surface area contributed by atoms with Gasteiger partial charge in [0.15, 0.2) is 0 Å². The molecular formula is C17H24O10. The van der Waals surface area contributed by atoms with Gasteiger partial charge in [-0.3, -0.25) is 4.79 Å². The van der Waals surface area contributed by atoms with Gasteiger partial charge in [-0.15, -0.1) is 0 Å². The van der Waals surface area contributed by atoms with E-state index in [1.807, 2.05) is 0 Å². The van der Waals surface area contributed by atoms with E-state index in [1.54, 1.807) is 13.0 Å². The molecule has 27 heavy (non-hydrogen) atoms. The molecule has 2 heterocycles. The van der Waals surface area contributed by atoms with Crippen LogP contribution >= 0.6 is 0 Å². The van der Waals surface area contributed by atoms with Gasteiger partial charge in [0.05, 0.1) is 32.0 Å². The lowest BCUT2D eigenvalue weighted by molar-refractivity contribution is -0.288. The smallest absolute Gasteiger partial charge is 0.337 e. The lowest BCUT2D eigenvalue weighted by atomic mass is 9.87. The van der Waals surface area contributed by atoms with E-state index in [4.69, 9.17) is 18.9 Å². The fourth-order valence-corrected chi connectivity index (χ4v) is 2.93. The third-order valence-electron chi connectivity index (χ3n) is 4.56. The maximum atomic E-state index is 12.2. The lowest BCUT2D eigenvalue weighted by Crippen LogP contribution is -2.58. The Kier molecular flexibility index (Phi) is 7.33. The van der Waals surface area contributed by atoms with Crippen molar-refractivity contribution in [1.82, 2.24) is 0 Å². The molecule has 6 atom stereocenters. The van der Waals surface area contributed by atoms with Gasteiger partial charge < -0.3 is 39.4 Å². The molecule has 0 aromatic carbocycles. The predicted octanol–water partition coefficient (Wildman–Crippen LogP) is -1.63. The Bertz CT molecular complexity index is 611. The largest absolute Gasteiger partial charge is 0.469 e. The summed E-state index contributed by atoms with van der Waals surface area (Å²) < 4.78 is 20.2. The van der Waals surface area contributed by atoms with Crippen LogP contribution in [0.4, 0.5) is 0 Å². The van der Waals surface area contributed by atoms with Crippen molar-refractivity contribution in [1.29, 1.82) is 0 Å². The Morgan fingerprint density at radius 1 is 1.26 bits per heavy atom. The second kappa shape index (κ2) is 9.29. The van der Waals surface area contributed by atoms with Crippen LogP contribution in [0.2, 0.25) is 0 Å². The van der Waals surface area contributed by atoms with E-state index in [-0.39, 0.29) is 18.6 Å². The molecular weight excluding hydrogens is 364 g/mol. The van der Waals surface area contributed by atoms with Crippen LogP contribution < -0.4 is 0 Å². The summed E-state index contributed by atoms with van der Waals surface area (Å²) in [5, 5.41) is 38.8. The van der Waals surface area contributed by atoms with Crippen LogP contribution in [-0.2, 0) is 28.5 Å². The third kappa shape index (κ3) is 4.66. The molecule has 2 aliphatic rings.